The van der Waals surface area contributed by atoms with Crippen molar-refractivity contribution in [2.45, 2.75) is 0 Å². The maximum absolute atomic E-state index is 5.83. The number of allylic oxidation sites excluding steroid dienone is 2. The molecule has 25 heavy (non-hydrogen) atoms. The third kappa shape index (κ3) is 4.73. The molecular weight excluding hydrogens is 314 g/mol. The van der Waals surface area contributed by atoms with Gasteiger partial charge in [0.25, 0.3) is 0 Å². The second kappa shape index (κ2) is 8.96. The third-order valence-electron chi connectivity index (χ3n) is 3.30. The summed E-state index contributed by atoms with van der Waals surface area (Å²) in [6.45, 7) is 0. The Balaban J connectivity index is 2.15. The molecule has 2 rings (SSSR count). The SMILES string of the molecule is COc1cc(C#C/C=C\C#Cc2ccccc2N)cc(OC)c1OC. The van der Waals surface area contributed by atoms with Crippen molar-refractivity contribution in [3.8, 4) is 40.9 Å². The molecule has 0 heterocycles. The number of nitrogens with two attached hydrogens (primary N) is 1. The average Bonchev–Trinajstić information content (AvgIpc) is 2.64. The number of ether oxygens (including phenoxy) is 3. The molecule has 0 spiro atoms. The van der Waals surface area contributed by atoms with Crippen molar-refractivity contribution in [2.24, 2.45) is 0 Å². The quantitative estimate of drug-likeness (QED) is 0.692. The molecule has 0 aliphatic carbocycles. The van der Waals surface area contributed by atoms with Gasteiger partial charge in [-0.1, -0.05) is 35.8 Å². The summed E-state index contributed by atoms with van der Waals surface area (Å²) >= 11 is 0. The van der Waals surface area contributed by atoms with Crippen molar-refractivity contribution in [1.82, 2.24) is 0 Å². The van der Waals surface area contributed by atoms with E-state index in [1.54, 1.807) is 45.6 Å². The molecule has 0 aliphatic heterocycles. The van der Waals surface area contributed by atoms with Crippen LogP contribution in [-0.2, 0) is 0 Å². The van der Waals surface area contributed by atoms with E-state index in [0.717, 1.165) is 11.1 Å². The molecule has 4 nitrogen and oxygen atoms in total. The molecule has 0 bridgehead atoms. The molecule has 0 saturated heterocycles. The molecule has 126 valence electrons. The molecule has 0 atom stereocenters. The molecule has 0 radical (unpaired) electrons. The first kappa shape index (κ1) is 17.8. The van der Waals surface area contributed by atoms with E-state index >= 15 is 0 Å². The van der Waals surface area contributed by atoms with E-state index in [2.05, 4.69) is 23.7 Å². The second-order valence-electron chi connectivity index (χ2n) is 4.87. The lowest BCUT2D eigenvalue weighted by Crippen LogP contribution is -1.95. The fourth-order valence-electron chi connectivity index (χ4n) is 2.09. The Labute approximate surface area is 148 Å². The molecule has 0 fully saturated rings. The lowest BCUT2D eigenvalue weighted by Gasteiger charge is -2.12. The Morgan fingerprint density at radius 2 is 1.44 bits per heavy atom. The summed E-state index contributed by atoms with van der Waals surface area (Å²) in [7, 11) is 4.70. The van der Waals surface area contributed by atoms with Gasteiger partial charge in [0, 0.05) is 16.8 Å². The van der Waals surface area contributed by atoms with E-state index in [-0.39, 0.29) is 0 Å². The van der Waals surface area contributed by atoms with Gasteiger partial charge in [0.05, 0.1) is 21.3 Å². The van der Waals surface area contributed by atoms with Crippen LogP contribution in [-0.4, -0.2) is 21.3 Å². The Morgan fingerprint density at radius 1 is 0.840 bits per heavy atom. The van der Waals surface area contributed by atoms with Crippen LogP contribution in [0.25, 0.3) is 0 Å². The molecule has 2 N–H and O–H groups in total. The molecule has 0 aliphatic rings. The Morgan fingerprint density at radius 3 is 2.00 bits per heavy atom. The van der Waals surface area contributed by atoms with Gasteiger partial charge in [-0.05, 0) is 36.4 Å². The van der Waals surface area contributed by atoms with Crippen LogP contribution in [0, 0.1) is 23.7 Å². The van der Waals surface area contributed by atoms with Crippen LogP contribution in [0.3, 0.4) is 0 Å². The molecule has 0 aromatic heterocycles. The van der Waals surface area contributed by atoms with E-state index in [4.69, 9.17) is 19.9 Å². The molecule has 0 amide bonds. The minimum atomic E-state index is 0.539. The van der Waals surface area contributed by atoms with Crippen molar-refractivity contribution >= 4 is 5.69 Å². The Kier molecular flexibility index (Phi) is 6.39. The van der Waals surface area contributed by atoms with Crippen LogP contribution in [0.1, 0.15) is 11.1 Å². The topological polar surface area (TPSA) is 53.7 Å². The van der Waals surface area contributed by atoms with Crippen LogP contribution in [0.5, 0.6) is 17.2 Å². The summed E-state index contributed by atoms with van der Waals surface area (Å²) in [6, 6.07) is 11.0. The number of hydrogen-bond donors (Lipinski definition) is 1. The highest BCUT2D eigenvalue weighted by atomic mass is 16.5. The van der Waals surface area contributed by atoms with Gasteiger partial charge in [-0.25, -0.2) is 0 Å². The van der Waals surface area contributed by atoms with Crippen molar-refractivity contribution in [3.63, 3.8) is 0 Å². The van der Waals surface area contributed by atoms with Gasteiger partial charge < -0.3 is 19.9 Å². The lowest BCUT2D eigenvalue weighted by molar-refractivity contribution is 0.324. The van der Waals surface area contributed by atoms with E-state index in [0.29, 0.717) is 22.9 Å². The second-order valence-corrected chi connectivity index (χ2v) is 4.87. The summed E-state index contributed by atoms with van der Waals surface area (Å²) in [4.78, 5) is 0. The number of nitrogen functional groups attached to an aromatic ring is 1. The van der Waals surface area contributed by atoms with Crippen LogP contribution in [0.4, 0.5) is 5.69 Å². The van der Waals surface area contributed by atoms with E-state index in [1.807, 2.05) is 24.3 Å². The maximum Gasteiger partial charge on any atom is 0.203 e. The minimum absolute atomic E-state index is 0.539. The highest BCUT2D eigenvalue weighted by Crippen LogP contribution is 2.37. The van der Waals surface area contributed by atoms with E-state index < -0.39 is 0 Å². The van der Waals surface area contributed by atoms with Crippen molar-refractivity contribution in [2.75, 3.05) is 27.1 Å². The molecule has 2 aromatic rings. The van der Waals surface area contributed by atoms with Crippen molar-refractivity contribution < 1.29 is 14.2 Å². The third-order valence-corrected chi connectivity index (χ3v) is 3.30. The molecule has 0 saturated carbocycles. The first-order chi connectivity index (χ1) is 12.2. The number of rotatable bonds is 3. The van der Waals surface area contributed by atoms with Crippen LogP contribution < -0.4 is 19.9 Å². The molecular formula is C21H19NO3. The van der Waals surface area contributed by atoms with E-state index in [9.17, 15) is 0 Å². The van der Waals surface area contributed by atoms with Gasteiger partial charge in [0.2, 0.25) is 5.75 Å². The number of methoxy groups -OCH3 is 3. The zero-order valence-corrected chi connectivity index (χ0v) is 14.4. The van der Waals surface area contributed by atoms with Crippen molar-refractivity contribution in [1.29, 1.82) is 0 Å². The minimum Gasteiger partial charge on any atom is -0.493 e. The molecule has 4 heteroatoms. The largest absolute Gasteiger partial charge is 0.493 e. The summed E-state index contributed by atoms with van der Waals surface area (Å²) in [6.07, 6.45) is 3.35. The number of anilines is 1. The first-order valence-corrected chi connectivity index (χ1v) is 7.52. The summed E-state index contributed by atoms with van der Waals surface area (Å²) in [5.41, 5.74) is 8.03. The number of para-hydroxylation sites is 1. The normalized spacial score (nSPS) is 9.56. The van der Waals surface area contributed by atoms with Gasteiger partial charge in [-0.3, -0.25) is 0 Å². The van der Waals surface area contributed by atoms with E-state index in [1.165, 1.54) is 0 Å². The van der Waals surface area contributed by atoms with Crippen LogP contribution in [0.2, 0.25) is 0 Å². The van der Waals surface area contributed by atoms with Gasteiger partial charge in [-0.15, -0.1) is 0 Å². The molecule has 0 unspecified atom stereocenters. The predicted octanol–water partition coefficient (Wildman–Crippen LogP) is 3.25. The number of benzene rings is 2. The highest BCUT2D eigenvalue weighted by Gasteiger charge is 2.11. The standard InChI is InChI=1S/C21H19NO3/c1-23-19-14-16(15-20(24-2)21(19)25-3)10-6-4-5-7-11-17-12-8-9-13-18(17)22/h4-5,8-9,12-15H,22H2,1-3H3/b5-4-. The number of hydrogen-bond acceptors (Lipinski definition) is 4. The van der Waals surface area contributed by atoms with Crippen LogP contribution >= 0.6 is 0 Å². The van der Waals surface area contributed by atoms with Gasteiger partial charge in [-0.2, -0.15) is 0 Å². The summed E-state index contributed by atoms with van der Waals surface area (Å²) in [5.74, 6) is 13.5. The fraction of sp³-hybridized carbons (Fsp3) is 0.143. The first-order valence-electron chi connectivity index (χ1n) is 7.52. The summed E-state index contributed by atoms with van der Waals surface area (Å²) < 4.78 is 15.9. The Bertz CT molecular complexity index is 868. The smallest absolute Gasteiger partial charge is 0.203 e. The predicted molar refractivity (Wildman–Crippen MR) is 99.8 cm³/mol. The van der Waals surface area contributed by atoms with Gasteiger partial charge in [0.1, 0.15) is 0 Å². The van der Waals surface area contributed by atoms with Crippen molar-refractivity contribution in [3.05, 3.63) is 59.7 Å². The zero-order valence-electron chi connectivity index (χ0n) is 14.4. The maximum atomic E-state index is 5.83. The lowest BCUT2D eigenvalue weighted by atomic mass is 10.2. The molecule has 2 aromatic carbocycles. The summed E-state index contributed by atoms with van der Waals surface area (Å²) in [5, 5.41) is 0. The van der Waals surface area contributed by atoms with Gasteiger partial charge in [0.15, 0.2) is 11.5 Å². The Hall–Kier alpha value is -3.50. The van der Waals surface area contributed by atoms with Crippen LogP contribution in [0.15, 0.2) is 48.6 Å². The monoisotopic (exact) mass is 333 g/mol. The fourth-order valence-corrected chi connectivity index (χ4v) is 2.09. The average molecular weight is 333 g/mol. The van der Waals surface area contributed by atoms with Gasteiger partial charge >= 0.3 is 0 Å². The zero-order chi connectivity index (χ0) is 18.1. The highest BCUT2D eigenvalue weighted by molar-refractivity contribution is 5.58.